The van der Waals surface area contributed by atoms with Gasteiger partial charge in [-0.15, -0.1) is 0 Å². The molecule has 0 amide bonds. The number of fused-ring (bicyclic) bond motifs is 9. The maximum Gasteiger partial charge on any atom is 0.160 e. The van der Waals surface area contributed by atoms with Gasteiger partial charge in [0.1, 0.15) is 17.4 Å². The van der Waals surface area contributed by atoms with Gasteiger partial charge in [-0.05, 0) is 76.0 Å². The number of anilines is 1. The summed E-state index contributed by atoms with van der Waals surface area (Å²) in [6, 6.07) is 77.1. The fourth-order valence-electron chi connectivity index (χ4n) is 9.82. The Bertz CT molecular complexity index is 3690. The number of nitrogens with zero attached hydrogens (tertiary/aromatic N) is 3. The molecular formula is C59H38N4O. The quantitative estimate of drug-likeness (QED) is 0.182. The van der Waals surface area contributed by atoms with Crippen molar-refractivity contribution in [2.45, 2.75) is 6.04 Å². The van der Waals surface area contributed by atoms with E-state index in [0.29, 0.717) is 5.82 Å². The molecule has 5 nitrogen and oxygen atoms in total. The van der Waals surface area contributed by atoms with E-state index in [1.165, 1.54) is 38.1 Å². The first-order chi connectivity index (χ1) is 31.7. The number of hydrogen-bond acceptors (Lipinski definition) is 4. The zero-order chi connectivity index (χ0) is 42.1. The van der Waals surface area contributed by atoms with Crippen molar-refractivity contribution in [1.29, 1.82) is 0 Å². The Morgan fingerprint density at radius 3 is 1.75 bits per heavy atom. The largest absolute Gasteiger partial charge is 0.458 e. The third kappa shape index (κ3) is 5.86. The first-order valence-electron chi connectivity index (χ1n) is 21.8. The minimum Gasteiger partial charge on any atom is -0.458 e. The molecule has 1 aliphatic heterocycles. The lowest BCUT2D eigenvalue weighted by Crippen LogP contribution is -2.17. The van der Waals surface area contributed by atoms with Crippen LogP contribution in [0.1, 0.15) is 17.4 Å². The molecule has 0 bridgehead atoms. The van der Waals surface area contributed by atoms with E-state index in [9.17, 15) is 0 Å². The average molecular weight is 819 g/mol. The summed E-state index contributed by atoms with van der Waals surface area (Å²) in [5.41, 5.74) is 15.9. The predicted octanol–water partition coefficient (Wildman–Crippen LogP) is 15.3. The number of hydrogen-bond donors (Lipinski definition) is 1. The van der Waals surface area contributed by atoms with Crippen molar-refractivity contribution in [3.05, 3.63) is 230 Å². The monoisotopic (exact) mass is 818 g/mol. The Hall–Kier alpha value is -8.54. The highest BCUT2D eigenvalue weighted by molar-refractivity contribution is 6.09. The van der Waals surface area contributed by atoms with Crippen LogP contribution in [0, 0.1) is 0 Å². The van der Waals surface area contributed by atoms with Crippen LogP contribution in [0.2, 0.25) is 0 Å². The summed E-state index contributed by atoms with van der Waals surface area (Å²) in [7, 11) is 0. The number of rotatable bonds is 6. The van der Waals surface area contributed by atoms with Gasteiger partial charge < -0.3 is 14.3 Å². The topological polar surface area (TPSA) is 55.9 Å². The van der Waals surface area contributed by atoms with E-state index in [-0.39, 0.29) is 6.04 Å². The van der Waals surface area contributed by atoms with Crippen LogP contribution in [0.3, 0.4) is 0 Å². The lowest BCUT2D eigenvalue weighted by atomic mass is 9.87. The standard InChI is InChI=1S/C59H38N4O/c1-2-14-41(15-3-1)59-61-51(36-52(62-59)40-29-32-43(33-30-40)63-53-22-9-6-18-45(53)46-19-7-10-23-54(46)63)39-27-25-37(26-28-39)42-31-34-50-49(35-42)56-48-20-8-11-24-55(48)64-58(56)57(60-50)47-21-12-16-38-13-4-5-17-44(38)47/h1-36,57,60H. The molecule has 5 heteroatoms. The Morgan fingerprint density at radius 2 is 1.02 bits per heavy atom. The van der Waals surface area contributed by atoms with Crippen LogP contribution in [-0.2, 0) is 0 Å². The van der Waals surface area contributed by atoms with E-state index in [0.717, 1.165) is 78.4 Å². The fourth-order valence-corrected chi connectivity index (χ4v) is 9.82. The average Bonchev–Trinajstić information content (AvgIpc) is 3.93. The maximum atomic E-state index is 6.73. The van der Waals surface area contributed by atoms with Crippen LogP contribution in [0.25, 0.3) is 105 Å². The molecule has 12 aromatic rings. The lowest BCUT2D eigenvalue weighted by molar-refractivity contribution is 0.537. The molecule has 64 heavy (non-hydrogen) atoms. The molecule has 1 N–H and O–H groups in total. The first kappa shape index (κ1) is 36.1. The molecule has 1 atom stereocenters. The number of para-hydroxylation sites is 3. The fraction of sp³-hybridized carbons (Fsp3) is 0.0169. The van der Waals surface area contributed by atoms with Crippen LogP contribution in [-0.4, -0.2) is 14.5 Å². The van der Waals surface area contributed by atoms with Crippen LogP contribution >= 0.6 is 0 Å². The summed E-state index contributed by atoms with van der Waals surface area (Å²) in [6.07, 6.45) is 0. The molecule has 0 saturated carbocycles. The van der Waals surface area contributed by atoms with Crippen molar-refractivity contribution in [2.75, 3.05) is 5.32 Å². The van der Waals surface area contributed by atoms with Crippen molar-refractivity contribution in [2.24, 2.45) is 0 Å². The highest BCUT2D eigenvalue weighted by Gasteiger charge is 2.32. The Labute approximate surface area is 369 Å². The molecule has 0 spiro atoms. The predicted molar refractivity (Wildman–Crippen MR) is 263 cm³/mol. The molecule has 9 aromatic carbocycles. The molecule has 0 fully saturated rings. The summed E-state index contributed by atoms with van der Waals surface area (Å²) in [6.45, 7) is 0. The molecule has 1 aliphatic rings. The highest BCUT2D eigenvalue weighted by atomic mass is 16.3. The molecule has 1 unspecified atom stereocenters. The molecule has 3 aromatic heterocycles. The van der Waals surface area contributed by atoms with E-state index >= 15 is 0 Å². The number of nitrogens with one attached hydrogen (secondary N) is 1. The summed E-state index contributed by atoms with van der Waals surface area (Å²) >= 11 is 0. The second-order valence-corrected chi connectivity index (χ2v) is 16.6. The number of furan rings is 1. The summed E-state index contributed by atoms with van der Waals surface area (Å²) in [5, 5.41) is 9.92. The Kier molecular flexibility index (Phi) is 8.21. The zero-order valence-electron chi connectivity index (χ0n) is 34.6. The van der Waals surface area contributed by atoms with Gasteiger partial charge in [-0.1, -0.05) is 170 Å². The van der Waals surface area contributed by atoms with Gasteiger partial charge in [0.2, 0.25) is 0 Å². The number of aromatic nitrogens is 3. The second kappa shape index (κ2) is 14.5. The first-order valence-corrected chi connectivity index (χ1v) is 21.8. The molecule has 0 aliphatic carbocycles. The molecule has 300 valence electrons. The highest BCUT2D eigenvalue weighted by Crippen LogP contribution is 2.50. The van der Waals surface area contributed by atoms with Crippen LogP contribution in [0.15, 0.2) is 223 Å². The summed E-state index contributed by atoms with van der Waals surface area (Å²) in [4.78, 5) is 10.3. The van der Waals surface area contributed by atoms with Crippen molar-refractivity contribution >= 4 is 49.2 Å². The van der Waals surface area contributed by atoms with E-state index < -0.39 is 0 Å². The third-order valence-electron chi connectivity index (χ3n) is 12.9. The third-order valence-corrected chi connectivity index (χ3v) is 12.9. The van der Waals surface area contributed by atoms with E-state index in [4.69, 9.17) is 14.4 Å². The smallest absolute Gasteiger partial charge is 0.160 e. The minimum atomic E-state index is -0.136. The van der Waals surface area contributed by atoms with E-state index in [1.54, 1.807) is 0 Å². The molecule has 4 heterocycles. The molecule has 0 saturated heterocycles. The van der Waals surface area contributed by atoms with Crippen LogP contribution < -0.4 is 5.32 Å². The maximum absolute atomic E-state index is 6.73. The Morgan fingerprint density at radius 1 is 0.438 bits per heavy atom. The summed E-state index contributed by atoms with van der Waals surface area (Å²) in [5.74, 6) is 1.63. The van der Waals surface area contributed by atoms with Gasteiger partial charge in [0.15, 0.2) is 5.82 Å². The lowest BCUT2D eigenvalue weighted by Gasteiger charge is -2.28. The minimum absolute atomic E-state index is 0.136. The SMILES string of the molecule is c1ccc(-c2nc(-c3ccc(-c4ccc5c(c4)-c4c(oc6ccccc46)C(c4cccc6ccccc46)N5)cc3)cc(-c3ccc(-n4c5ccccc5c5ccccc54)cc3)n2)cc1. The van der Waals surface area contributed by atoms with E-state index in [2.05, 4.69) is 204 Å². The van der Waals surface area contributed by atoms with Gasteiger partial charge in [-0.2, -0.15) is 0 Å². The Balaban J connectivity index is 0.866. The van der Waals surface area contributed by atoms with Crippen molar-refractivity contribution in [1.82, 2.24) is 14.5 Å². The van der Waals surface area contributed by atoms with Gasteiger partial charge in [0, 0.05) is 55.4 Å². The summed E-state index contributed by atoms with van der Waals surface area (Å²) < 4.78 is 9.08. The van der Waals surface area contributed by atoms with Crippen LogP contribution in [0.4, 0.5) is 5.69 Å². The van der Waals surface area contributed by atoms with Crippen molar-refractivity contribution in [3.8, 4) is 61.8 Å². The van der Waals surface area contributed by atoms with E-state index in [1.807, 2.05) is 24.3 Å². The van der Waals surface area contributed by atoms with Gasteiger partial charge in [-0.25, -0.2) is 9.97 Å². The van der Waals surface area contributed by atoms with Gasteiger partial charge in [-0.3, -0.25) is 0 Å². The van der Waals surface area contributed by atoms with Gasteiger partial charge in [0.05, 0.1) is 22.4 Å². The van der Waals surface area contributed by atoms with Crippen molar-refractivity contribution in [3.63, 3.8) is 0 Å². The van der Waals surface area contributed by atoms with Crippen LogP contribution in [0.5, 0.6) is 0 Å². The molecule has 0 radical (unpaired) electrons. The zero-order valence-corrected chi connectivity index (χ0v) is 34.6. The molecular weight excluding hydrogens is 781 g/mol. The molecule has 13 rings (SSSR count). The van der Waals surface area contributed by atoms with Gasteiger partial charge >= 0.3 is 0 Å². The number of benzene rings is 9. The van der Waals surface area contributed by atoms with Crippen molar-refractivity contribution < 1.29 is 4.42 Å². The normalized spacial score (nSPS) is 13.3. The van der Waals surface area contributed by atoms with Gasteiger partial charge in [0.25, 0.3) is 0 Å². The second-order valence-electron chi connectivity index (χ2n) is 16.6.